The molecule has 0 spiro atoms. The number of hydrogen-bond donors (Lipinski definition) is 3. The van der Waals surface area contributed by atoms with Crippen LogP contribution in [0.25, 0.3) is 0 Å². The van der Waals surface area contributed by atoms with E-state index in [0.29, 0.717) is 0 Å². The number of aliphatic hydroxyl groups is 3. The maximum Gasteiger partial charge on any atom is 0.308 e. The van der Waals surface area contributed by atoms with Crippen LogP contribution in [-0.4, -0.2) is 52.0 Å². The highest BCUT2D eigenvalue weighted by atomic mass is 16.7. The van der Waals surface area contributed by atoms with Crippen molar-refractivity contribution >= 4 is 5.97 Å². The van der Waals surface area contributed by atoms with Crippen LogP contribution in [0.2, 0.25) is 0 Å². The maximum atomic E-state index is 12.0. The van der Waals surface area contributed by atoms with Crippen molar-refractivity contribution in [2.24, 2.45) is 5.92 Å². The van der Waals surface area contributed by atoms with E-state index in [1.807, 2.05) is 6.92 Å². The normalized spacial score (nSPS) is 30.2. The van der Waals surface area contributed by atoms with Gasteiger partial charge in [-0.05, 0) is 12.8 Å². The number of carbonyl (C=O) groups is 1. The molecule has 0 radical (unpaired) electrons. The molecule has 2 unspecified atom stereocenters. The Morgan fingerprint density at radius 1 is 0.962 bits per heavy atom. The summed E-state index contributed by atoms with van der Waals surface area (Å²) in [6.45, 7) is 5.80. The lowest BCUT2D eigenvalue weighted by Crippen LogP contribution is -2.57. The van der Waals surface area contributed by atoms with Gasteiger partial charge in [0.25, 0.3) is 0 Å². The zero-order valence-electron chi connectivity index (χ0n) is 16.6. The first-order valence-corrected chi connectivity index (χ1v) is 10.3. The molecule has 0 bridgehead atoms. The predicted molar refractivity (Wildman–Crippen MR) is 99.5 cm³/mol. The lowest BCUT2D eigenvalue weighted by molar-refractivity contribution is -0.285. The summed E-state index contributed by atoms with van der Waals surface area (Å²) >= 11 is 0. The number of rotatable bonds is 12. The molecule has 1 heterocycles. The summed E-state index contributed by atoms with van der Waals surface area (Å²) in [5, 5.41) is 29.3. The number of aliphatic hydroxyl groups excluding tert-OH is 3. The van der Waals surface area contributed by atoms with Crippen LogP contribution in [0.1, 0.15) is 85.0 Å². The molecule has 1 rings (SSSR count). The van der Waals surface area contributed by atoms with Gasteiger partial charge in [-0.25, -0.2) is 0 Å². The molecular weight excluding hydrogens is 336 g/mol. The van der Waals surface area contributed by atoms with E-state index in [2.05, 4.69) is 6.92 Å². The molecule has 0 saturated carbocycles. The molecule has 1 fully saturated rings. The molecule has 0 aromatic heterocycles. The van der Waals surface area contributed by atoms with E-state index in [1.54, 1.807) is 6.92 Å². The van der Waals surface area contributed by atoms with Gasteiger partial charge in [0.2, 0.25) is 6.29 Å². The molecule has 1 saturated heterocycles. The van der Waals surface area contributed by atoms with E-state index in [0.717, 1.165) is 12.8 Å². The first-order chi connectivity index (χ1) is 12.4. The first-order valence-electron chi connectivity index (χ1n) is 10.3. The first kappa shape index (κ1) is 23.3. The summed E-state index contributed by atoms with van der Waals surface area (Å²) in [6, 6.07) is 0. The molecule has 6 heteroatoms. The van der Waals surface area contributed by atoms with Crippen LogP contribution < -0.4 is 0 Å². The lowest BCUT2D eigenvalue weighted by atomic mass is 9.98. The highest BCUT2D eigenvalue weighted by molar-refractivity contribution is 5.69. The van der Waals surface area contributed by atoms with Crippen molar-refractivity contribution in [3.05, 3.63) is 0 Å². The quantitative estimate of drug-likeness (QED) is 0.359. The minimum absolute atomic E-state index is 0.205. The smallest absolute Gasteiger partial charge is 0.308 e. The number of unbranched alkanes of at least 4 members (excludes halogenated alkanes) is 7. The highest BCUT2D eigenvalue weighted by Gasteiger charge is 2.43. The van der Waals surface area contributed by atoms with Crippen LogP contribution in [0.4, 0.5) is 0 Å². The Morgan fingerprint density at radius 2 is 1.54 bits per heavy atom. The summed E-state index contributed by atoms with van der Waals surface area (Å²) in [5.41, 5.74) is 0. The number of esters is 1. The minimum atomic E-state index is -1.44. The van der Waals surface area contributed by atoms with E-state index in [4.69, 9.17) is 9.47 Å². The second kappa shape index (κ2) is 12.7. The van der Waals surface area contributed by atoms with Gasteiger partial charge in [-0.3, -0.25) is 4.79 Å². The summed E-state index contributed by atoms with van der Waals surface area (Å²) in [5.74, 6) is -0.242. The van der Waals surface area contributed by atoms with Crippen molar-refractivity contribution < 1.29 is 29.6 Å². The molecule has 1 aliphatic heterocycles. The van der Waals surface area contributed by atoms with Gasteiger partial charge in [-0.2, -0.15) is 0 Å². The van der Waals surface area contributed by atoms with E-state index < -0.39 is 36.7 Å². The van der Waals surface area contributed by atoms with Crippen LogP contribution >= 0.6 is 0 Å². The van der Waals surface area contributed by atoms with Gasteiger partial charge in [0.1, 0.15) is 18.3 Å². The van der Waals surface area contributed by atoms with E-state index in [1.165, 1.54) is 44.9 Å². The molecule has 26 heavy (non-hydrogen) atoms. The van der Waals surface area contributed by atoms with Gasteiger partial charge >= 0.3 is 5.97 Å². The second-order valence-electron chi connectivity index (χ2n) is 7.74. The van der Waals surface area contributed by atoms with Gasteiger partial charge in [-0.15, -0.1) is 0 Å². The van der Waals surface area contributed by atoms with Crippen LogP contribution in [0.3, 0.4) is 0 Å². The van der Waals surface area contributed by atoms with E-state index >= 15 is 0 Å². The summed E-state index contributed by atoms with van der Waals surface area (Å²) in [4.78, 5) is 12.0. The van der Waals surface area contributed by atoms with Crippen LogP contribution in [0.5, 0.6) is 0 Å². The maximum absolute atomic E-state index is 12.0. The Bertz CT molecular complexity index is 388. The molecular formula is C20H38O6. The van der Waals surface area contributed by atoms with Gasteiger partial charge in [-0.1, -0.05) is 71.6 Å². The highest BCUT2D eigenvalue weighted by Crippen LogP contribution is 2.23. The van der Waals surface area contributed by atoms with Crippen LogP contribution in [0.15, 0.2) is 0 Å². The summed E-state index contributed by atoms with van der Waals surface area (Å²) in [7, 11) is 0. The van der Waals surface area contributed by atoms with Gasteiger partial charge < -0.3 is 24.8 Å². The average molecular weight is 375 g/mol. The third kappa shape index (κ3) is 8.33. The third-order valence-corrected chi connectivity index (χ3v) is 5.12. The van der Waals surface area contributed by atoms with E-state index in [-0.39, 0.29) is 12.3 Å². The fourth-order valence-corrected chi connectivity index (χ4v) is 3.30. The van der Waals surface area contributed by atoms with Crippen molar-refractivity contribution in [3.63, 3.8) is 0 Å². The van der Waals surface area contributed by atoms with Gasteiger partial charge in [0.05, 0.1) is 6.10 Å². The average Bonchev–Trinajstić information content (AvgIpc) is 2.60. The number of carbonyl (C=O) groups excluding carboxylic acids is 1. The van der Waals surface area contributed by atoms with Crippen molar-refractivity contribution in [1.29, 1.82) is 0 Å². The Balaban J connectivity index is 2.16. The number of ether oxygens (including phenoxy) is 2. The Morgan fingerprint density at radius 3 is 2.15 bits per heavy atom. The molecule has 0 aliphatic carbocycles. The van der Waals surface area contributed by atoms with Gasteiger partial charge in [0, 0.05) is 6.42 Å². The van der Waals surface area contributed by atoms with Gasteiger partial charge in [0.15, 0.2) is 0 Å². The van der Waals surface area contributed by atoms with Crippen LogP contribution in [-0.2, 0) is 14.3 Å². The molecule has 0 amide bonds. The predicted octanol–water partition coefficient (Wildman–Crippen LogP) is 2.91. The SMILES string of the molecule is CCCCCCCCCCC(C)CC(=O)OC1O[C@@H](C)[C@@H](O)[C@@H](O)[C@@H]1O. The molecule has 154 valence electrons. The second-order valence-corrected chi connectivity index (χ2v) is 7.74. The Labute approximate surface area is 157 Å². The lowest BCUT2D eigenvalue weighted by Gasteiger charge is -2.38. The fraction of sp³-hybridized carbons (Fsp3) is 0.950. The topological polar surface area (TPSA) is 96.2 Å². The molecule has 6 nitrogen and oxygen atoms in total. The standard InChI is InChI=1S/C20H38O6/c1-4-5-6-7-8-9-10-11-12-14(2)13-16(21)26-20-19(24)18(23)17(22)15(3)25-20/h14-15,17-20,22-24H,4-13H2,1-3H3/t14?,15-,17+,18+,19-,20?/m0/s1. The van der Waals surface area contributed by atoms with Crippen molar-refractivity contribution in [2.75, 3.05) is 0 Å². The molecule has 3 N–H and O–H groups in total. The van der Waals surface area contributed by atoms with Crippen molar-refractivity contribution in [3.8, 4) is 0 Å². The number of hydrogen-bond acceptors (Lipinski definition) is 6. The Kier molecular flexibility index (Phi) is 11.4. The molecule has 1 aliphatic rings. The fourth-order valence-electron chi connectivity index (χ4n) is 3.30. The Hall–Kier alpha value is -0.690. The van der Waals surface area contributed by atoms with Crippen LogP contribution in [0, 0.1) is 5.92 Å². The van der Waals surface area contributed by atoms with Crippen molar-refractivity contribution in [2.45, 2.75) is 116 Å². The third-order valence-electron chi connectivity index (χ3n) is 5.12. The minimum Gasteiger partial charge on any atom is -0.433 e. The summed E-state index contributed by atoms with van der Waals surface area (Å²) in [6.07, 6.45) is 5.36. The largest absolute Gasteiger partial charge is 0.433 e. The molecule has 0 aromatic carbocycles. The zero-order valence-corrected chi connectivity index (χ0v) is 16.6. The summed E-state index contributed by atoms with van der Waals surface area (Å²) < 4.78 is 10.4. The zero-order chi connectivity index (χ0) is 19.5. The van der Waals surface area contributed by atoms with Crippen molar-refractivity contribution in [1.82, 2.24) is 0 Å². The van der Waals surface area contributed by atoms with E-state index in [9.17, 15) is 20.1 Å². The monoisotopic (exact) mass is 374 g/mol. The molecule has 0 aromatic rings. The molecule has 6 atom stereocenters.